The first-order valence-corrected chi connectivity index (χ1v) is 9.60. The quantitative estimate of drug-likeness (QED) is 0.354. The van der Waals surface area contributed by atoms with Crippen molar-refractivity contribution in [3.8, 4) is 17.2 Å². The van der Waals surface area contributed by atoms with Crippen molar-refractivity contribution in [2.24, 2.45) is 0 Å². The van der Waals surface area contributed by atoms with Gasteiger partial charge in [0.05, 0.1) is 30.6 Å². The molecule has 2 amide bonds. The van der Waals surface area contributed by atoms with Crippen molar-refractivity contribution in [2.75, 3.05) is 27.4 Å². The van der Waals surface area contributed by atoms with Gasteiger partial charge in [-0.2, -0.15) is 0 Å². The van der Waals surface area contributed by atoms with Crippen molar-refractivity contribution in [1.82, 2.24) is 4.90 Å². The molecule has 0 atom stereocenters. The Balaban J connectivity index is 1.70. The van der Waals surface area contributed by atoms with Crippen molar-refractivity contribution in [3.05, 3.63) is 63.0 Å². The van der Waals surface area contributed by atoms with E-state index in [0.717, 1.165) is 16.7 Å². The molecular formula is C20H18N2O7S. The Morgan fingerprint density at radius 1 is 1.07 bits per heavy atom. The average Bonchev–Trinajstić information content (AvgIpc) is 3.01. The minimum Gasteiger partial charge on any atom is -0.493 e. The van der Waals surface area contributed by atoms with E-state index in [0.29, 0.717) is 17.1 Å². The second-order valence-electron chi connectivity index (χ2n) is 6.02. The predicted molar refractivity (Wildman–Crippen MR) is 111 cm³/mol. The normalized spacial score (nSPS) is 14.9. The first-order valence-electron chi connectivity index (χ1n) is 8.78. The highest BCUT2D eigenvalue weighted by molar-refractivity contribution is 8.18. The van der Waals surface area contributed by atoms with E-state index in [1.807, 2.05) is 0 Å². The fourth-order valence-corrected chi connectivity index (χ4v) is 3.63. The van der Waals surface area contributed by atoms with Crippen LogP contribution in [0, 0.1) is 10.1 Å². The number of carbonyl (C=O) groups excluding carboxylic acids is 2. The molecule has 0 bridgehead atoms. The second kappa shape index (κ2) is 9.31. The topological polar surface area (TPSA) is 108 Å². The van der Waals surface area contributed by atoms with Crippen LogP contribution in [0.1, 0.15) is 5.56 Å². The lowest BCUT2D eigenvalue weighted by Crippen LogP contribution is -2.32. The summed E-state index contributed by atoms with van der Waals surface area (Å²) in [5.41, 5.74) is 0.189. The number of para-hydroxylation sites is 2. The monoisotopic (exact) mass is 430 g/mol. The van der Waals surface area contributed by atoms with Crippen LogP contribution in [0.5, 0.6) is 17.2 Å². The summed E-state index contributed by atoms with van der Waals surface area (Å²) in [5, 5.41) is 10.7. The molecule has 30 heavy (non-hydrogen) atoms. The fourth-order valence-electron chi connectivity index (χ4n) is 2.77. The molecule has 0 aromatic heterocycles. The summed E-state index contributed by atoms with van der Waals surface area (Å²) in [7, 11) is 2.85. The van der Waals surface area contributed by atoms with Crippen molar-refractivity contribution in [3.63, 3.8) is 0 Å². The lowest BCUT2D eigenvalue weighted by atomic mass is 10.1. The Hall–Kier alpha value is -3.53. The van der Waals surface area contributed by atoms with Gasteiger partial charge in [-0.25, -0.2) is 0 Å². The van der Waals surface area contributed by atoms with Crippen LogP contribution >= 0.6 is 11.8 Å². The maximum absolute atomic E-state index is 12.6. The maximum atomic E-state index is 12.6. The molecule has 3 rings (SSSR count). The highest BCUT2D eigenvalue weighted by Gasteiger charge is 2.35. The Kier molecular flexibility index (Phi) is 6.58. The standard InChI is InChI=1S/C20H18N2O7S/c1-27-15-8-7-13(11-14(15)22(25)26)12-18-19(23)21(20(24)30-18)9-10-29-17-6-4-3-5-16(17)28-2/h3-8,11-12H,9-10H2,1-2H3/b18-12-. The predicted octanol–water partition coefficient (Wildman–Crippen LogP) is 3.73. The van der Waals surface area contributed by atoms with Gasteiger partial charge in [0.25, 0.3) is 11.1 Å². The summed E-state index contributed by atoms with van der Waals surface area (Å²) >= 11 is 0.772. The van der Waals surface area contributed by atoms with Crippen LogP contribution in [0.4, 0.5) is 10.5 Å². The van der Waals surface area contributed by atoms with Gasteiger partial charge in [-0.1, -0.05) is 18.2 Å². The largest absolute Gasteiger partial charge is 0.493 e. The van der Waals surface area contributed by atoms with Gasteiger partial charge in [0, 0.05) is 6.07 Å². The number of carbonyl (C=O) groups is 2. The minimum atomic E-state index is -0.572. The Bertz CT molecular complexity index is 1020. The van der Waals surface area contributed by atoms with Gasteiger partial charge in [-0.15, -0.1) is 0 Å². The summed E-state index contributed by atoms with van der Waals surface area (Å²) < 4.78 is 15.8. The molecule has 2 aromatic rings. The molecule has 0 spiro atoms. The molecule has 9 nitrogen and oxygen atoms in total. The molecule has 1 fully saturated rings. The number of hydrogen-bond acceptors (Lipinski definition) is 8. The van der Waals surface area contributed by atoms with Crippen LogP contribution in [0.2, 0.25) is 0 Å². The van der Waals surface area contributed by atoms with E-state index in [1.165, 1.54) is 32.4 Å². The zero-order chi connectivity index (χ0) is 21.7. The molecule has 0 N–H and O–H groups in total. The van der Waals surface area contributed by atoms with Gasteiger partial charge in [-0.05, 0) is 41.6 Å². The molecule has 10 heteroatoms. The third kappa shape index (κ3) is 4.54. The number of methoxy groups -OCH3 is 2. The van der Waals surface area contributed by atoms with Crippen molar-refractivity contribution < 1.29 is 28.7 Å². The van der Waals surface area contributed by atoms with E-state index in [4.69, 9.17) is 14.2 Å². The average molecular weight is 430 g/mol. The van der Waals surface area contributed by atoms with Crippen LogP contribution < -0.4 is 14.2 Å². The lowest BCUT2D eigenvalue weighted by Gasteiger charge is -2.14. The van der Waals surface area contributed by atoms with Gasteiger partial charge in [-0.3, -0.25) is 24.6 Å². The summed E-state index contributed by atoms with van der Waals surface area (Å²) in [4.78, 5) is 36.7. The summed E-state index contributed by atoms with van der Waals surface area (Å²) in [6.45, 7) is 0.155. The van der Waals surface area contributed by atoms with E-state index in [2.05, 4.69) is 0 Å². The lowest BCUT2D eigenvalue weighted by molar-refractivity contribution is -0.385. The molecule has 0 aliphatic carbocycles. The van der Waals surface area contributed by atoms with E-state index < -0.39 is 16.1 Å². The highest BCUT2D eigenvalue weighted by Crippen LogP contribution is 2.34. The van der Waals surface area contributed by atoms with Gasteiger partial charge in [0.2, 0.25) is 0 Å². The van der Waals surface area contributed by atoms with Crippen LogP contribution in [0.25, 0.3) is 6.08 Å². The zero-order valence-electron chi connectivity index (χ0n) is 16.2. The molecular weight excluding hydrogens is 412 g/mol. The summed E-state index contributed by atoms with van der Waals surface area (Å²) in [6.07, 6.45) is 1.44. The number of hydrogen-bond donors (Lipinski definition) is 0. The Labute approximate surface area is 176 Å². The number of nitro benzene ring substituents is 1. The molecule has 156 valence electrons. The maximum Gasteiger partial charge on any atom is 0.311 e. The summed E-state index contributed by atoms with van der Waals surface area (Å²) in [5.74, 6) is 0.687. The van der Waals surface area contributed by atoms with Crippen LogP contribution in [0.15, 0.2) is 47.4 Å². The molecule has 2 aromatic carbocycles. The van der Waals surface area contributed by atoms with E-state index in [1.54, 1.807) is 30.3 Å². The van der Waals surface area contributed by atoms with Gasteiger partial charge in [0.15, 0.2) is 17.2 Å². The number of nitrogens with zero attached hydrogens (tertiary/aromatic N) is 2. The molecule has 0 saturated carbocycles. The number of ether oxygens (including phenoxy) is 3. The van der Waals surface area contributed by atoms with Gasteiger partial charge >= 0.3 is 5.69 Å². The van der Waals surface area contributed by atoms with Gasteiger partial charge in [0.1, 0.15) is 6.61 Å². The minimum absolute atomic E-state index is 0.0583. The molecule has 1 aliphatic rings. The number of thioether (sulfide) groups is 1. The van der Waals surface area contributed by atoms with Gasteiger partial charge < -0.3 is 14.2 Å². The van der Waals surface area contributed by atoms with Crippen molar-refractivity contribution in [2.45, 2.75) is 0 Å². The molecule has 1 heterocycles. The molecule has 0 radical (unpaired) electrons. The Morgan fingerprint density at radius 3 is 2.43 bits per heavy atom. The third-order valence-corrected chi connectivity index (χ3v) is 5.12. The van der Waals surface area contributed by atoms with E-state index in [-0.39, 0.29) is 29.5 Å². The van der Waals surface area contributed by atoms with E-state index >= 15 is 0 Å². The Morgan fingerprint density at radius 2 is 1.77 bits per heavy atom. The zero-order valence-corrected chi connectivity index (χ0v) is 17.0. The molecule has 1 saturated heterocycles. The van der Waals surface area contributed by atoms with Crippen molar-refractivity contribution in [1.29, 1.82) is 0 Å². The smallest absolute Gasteiger partial charge is 0.311 e. The second-order valence-corrected chi connectivity index (χ2v) is 7.01. The van der Waals surface area contributed by atoms with Crippen LogP contribution in [-0.4, -0.2) is 48.3 Å². The summed E-state index contributed by atoms with van der Waals surface area (Å²) in [6, 6.07) is 11.4. The SMILES string of the molecule is COc1ccccc1OCCN1C(=O)S/C(=C\c2ccc(OC)c([N+](=O)[O-])c2)C1=O. The van der Waals surface area contributed by atoms with E-state index in [9.17, 15) is 19.7 Å². The number of amides is 2. The highest BCUT2D eigenvalue weighted by atomic mass is 32.2. The number of imide groups is 1. The van der Waals surface area contributed by atoms with Crippen LogP contribution in [-0.2, 0) is 4.79 Å². The fraction of sp³-hybridized carbons (Fsp3) is 0.200. The van der Waals surface area contributed by atoms with Crippen molar-refractivity contribution >= 4 is 34.7 Å². The first-order chi connectivity index (χ1) is 14.4. The number of nitro groups is 1. The molecule has 1 aliphatic heterocycles. The van der Waals surface area contributed by atoms with Crippen LogP contribution in [0.3, 0.4) is 0 Å². The number of benzene rings is 2. The first kappa shape index (κ1) is 21.2. The third-order valence-electron chi connectivity index (χ3n) is 4.21. The number of rotatable bonds is 8. The molecule has 0 unspecified atom stereocenters.